The summed E-state index contributed by atoms with van der Waals surface area (Å²) in [7, 11) is 1.49. The van der Waals surface area contributed by atoms with Crippen LogP contribution < -0.4 is 10.1 Å². The smallest absolute Gasteiger partial charge is 0.135 e. The third-order valence-corrected chi connectivity index (χ3v) is 2.96. The number of hydrogen-bond donors (Lipinski definition) is 2. The molecule has 1 atom stereocenters. The Balaban J connectivity index is 2.37. The van der Waals surface area contributed by atoms with E-state index in [0.29, 0.717) is 11.3 Å². The van der Waals surface area contributed by atoms with Gasteiger partial charge in [0.1, 0.15) is 17.3 Å². The minimum absolute atomic E-state index is 0.00991. The molecule has 1 saturated heterocycles. The zero-order valence-corrected chi connectivity index (χ0v) is 9.29. The number of methoxy groups -OCH3 is 1. The van der Waals surface area contributed by atoms with Gasteiger partial charge in [-0.1, -0.05) is 6.42 Å². The van der Waals surface area contributed by atoms with Gasteiger partial charge in [0, 0.05) is 23.7 Å². The Bertz CT molecular complexity index is 376. The fourth-order valence-corrected chi connectivity index (χ4v) is 2.18. The van der Waals surface area contributed by atoms with Crippen molar-refractivity contribution in [2.24, 2.45) is 0 Å². The highest BCUT2D eigenvalue weighted by molar-refractivity contribution is 5.43. The molecule has 2 N–H and O–H groups in total. The molecule has 0 radical (unpaired) electrons. The largest absolute Gasteiger partial charge is 0.508 e. The van der Waals surface area contributed by atoms with Crippen LogP contribution >= 0.6 is 0 Å². The van der Waals surface area contributed by atoms with E-state index in [0.717, 1.165) is 31.9 Å². The molecule has 0 amide bonds. The van der Waals surface area contributed by atoms with E-state index in [4.69, 9.17) is 4.74 Å². The number of piperidine rings is 1. The van der Waals surface area contributed by atoms with Gasteiger partial charge in [0.25, 0.3) is 0 Å². The summed E-state index contributed by atoms with van der Waals surface area (Å²) in [5.41, 5.74) is 0.528. The Morgan fingerprint density at radius 1 is 1.44 bits per heavy atom. The summed E-state index contributed by atoms with van der Waals surface area (Å²) >= 11 is 0. The molecule has 0 aliphatic carbocycles. The van der Waals surface area contributed by atoms with Gasteiger partial charge in [0.05, 0.1) is 7.11 Å². The summed E-state index contributed by atoms with van der Waals surface area (Å²) in [5, 5.41) is 12.6. The first-order chi connectivity index (χ1) is 7.72. The van der Waals surface area contributed by atoms with Crippen molar-refractivity contribution in [3.63, 3.8) is 0 Å². The van der Waals surface area contributed by atoms with E-state index in [-0.39, 0.29) is 11.8 Å². The van der Waals surface area contributed by atoms with Crippen molar-refractivity contribution in [1.82, 2.24) is 5.32 Å². The molecule has 1 aromatic rings. The van der Waals surface area contributed by atoms with Gasteiger partial charge >= 0.3 is 0 Å². The summed E-state index contributed by atoms with van der Waals surface area (Å²) < 4.78 is 18.9. The fraction of sp³-hybridized carbons (Fsp3) is 0.500. The average molecular weight is 225 g/mol. The number of phenolic OH excluding ortho intramolecular Hbond substituents is 1. The Morgan fingerprint density at radius 2 is 2.25 bits per heavy atom. The molecule has 88 valence electrons. The lowest BCUT2D eigenvalue weighted by Gasteiger charge is -2.25. The lowest BCUT2D eigenvalue weighted by atomic mass is 9.96. The first-order valence-electron chi connectivity index (χ1n) is 5.52. The quantitative estimate of drug-likeness (QED) is 0.811. The Morgan fingerprint density at radius 3 is 2.88 bits per heavy atom. The highest BCUT2D eigenvalue weighted by Crippen LogP contribution is 2.35. The first-order valence-corrected chi connectivity index (χ1v) is 5.52. The third kappa shape index (κ3) is 2.11. The maximum atomic E-state index is 13.8. The van der Waals surface area contributed by atoms with E-state index in [1.165, 1.54) is 13.2 Å². The summed E-state index contributed by atoms with van der Waals surface area (Å²) in [6.07, 6.45) is 3.11. The maximum absolute atomic E-state index is 13.8. The lowest BCUT2D eigenvalue weighted by Crippen LogP contribution is -2.27. The van der Waals surface area contributed by atoms with E-state index >= 15 is 0 Å². The summed E-state index contributed by atoms with van der Waals surface area (Å²) in [6, 6.07) is 2.58. The summed E-state index contributed by atoms with van der Waals surface area (Å²) in [6.45, 7) is 0.897. The van der Waals surface area contributed by atoms with Crippen LogP contribution in [-0.2, 0) is 0 Å². The second kappa shape index (κ2) is 4.70. The minimum atomic E-state index is -0.406. The van der Waals surface area contributed by atoms with E-state index < -0.39 is 5.82 Å². The molecule has 16 heavy (non-hydrogen) atoms. The van der Waals surface area contributed by atoms with Gasteiger partial charge in [-0.05, 0) is 19.4 Å². The number of phenols is 1. The van der Waals surface area contributed by atoms with Gasteiger partial charge in [0.2, 0.25) is 0 Å². The SMILES string of the molecule is COc1cc(O)cc(F)c1C1CCCCN1. The topological polar surface area (TPSA) is 41.5 Å². The highest BCUT2D eigenvalue weighted by atomic mass is 19.1. The number of ether oxygens (including phenoxy) is 1. The van der Waals surface area contributed by atoms with Crippen LogP contribution in [0.3, 0.4) is 0 Å². The number of aromatic hydroxyl groups is 1. The van der Waals surface area contributed by atoms with E-state index in [1.54, 1.807) is 0 Å². The Kier molecular flexibility index (Phi) is 3.29. The summed E-state index contributed by atoms with van der Waals surface area (Å²) in [4.78, 5) is 0. The number of benzene rings is 1. The molecular formula is C12H16FNO2. The van der Waals surface area contributed by atoms with Gasteiger partial charge in [-0.15, -0.1) is 0 Å². The lowest BCUT2D eigenvalue weighted by molar-refractivity contribution is 0.357. The normalized spacial score (nSPS) is 20.8. The number of halogens is 1. The minimum Gasteiger partial charge on any atom is -0.508 e. The molecule has 1 unspecified atom stereocenters. The Hall–Kier alpha value is -1.29. The van der Waals surface area contributed by atoms with Crippen molar-refractivity contribution >= 4 is 0 Å². The zero-order chi connectivity index (χ0) is 11.5. The van der Waals surface area contributed by atoms with Crippen molar-refractivity contribution in [2.75, 3.05) is 13.7 Å². The van der Waals surface area contributed by atoms with Crippen LogP contribution in [0, 0.1) is 5.82 Å². The standard InChI is InChI=1S/C12H16FNO2/c1-16-11-7-8(15)6-9(13)12(11)10-4-2-3-5-14-10/h6-7,10,14-15H,2-5H2,1H3. The van der Waals surface area contributed by atoms with E-state index in [9.17, 15) is 9.50 Å². The van der Waals surface area contributed by atoms with Crippen LogP contribution in [0.2, 0.25) is 0 Å². The molecule has 3 nitrogen and oxygen atoms in total. The van der Waals surface area contributed by atoms with Crippen molar-refractivity contribution in [1.29, 1.82) is 0 Å². The van der Waals surface area contributed by atoms with Gasteiger partial charge < -0.3 is 15.2 Å². The van der Waals surface area contributed by atoms with Gasteiger partial charge in [-0.25, -0.2) is 4.39 Å². The molecule has 1 aliphatic heterocycles. The second-order valence-corrected chi connectivity index (χ2v) is 4.05. The fourth-order valence-electron chi connectivity index (χ4n) is 2.18. The van der Waals surface area contributed by atoms with Crippen molar-refractivity contribution in [3.05, 3.63) is 23.5 Å². The van der Waals surface area contributed by atoms with Gasteiger partial charge in [-0.2, -0.15) is 0 Å². The molecule has 1 aromatic carbocycles. The van der Waals surface area contributed by atoms with Crippen LogP contribution in [-0.4, -0.2) is 18.8 Å². The molecule has 0 spiro atoms. The first kappa shape index (κ1) is 11.2. The molecule has 2 rings (SSSR count). The third-order valence-electron chi connectivity index (χ3n) is 2.96. The van der Waals surface area contributed by atoms with Crippen LogP contribution in [0.5, 0.6) is 11.5 Å². The predicted molar refractivity (Wildman–Crippen MR) is 59.2 cm³/mol. The molecule has 4 heteroatoms. The van der Waals surface area contributed by atoms with Crippen molar-refractivity contribution < 1.29 is 14.2 Å². The molecule has 0 saturated carbocycles. The van der Waals surface area contributed by atoms with E-state index in [2.05, 4.69) is 5.32 Å². The van der Waals surface area contributed by atoms with Crippen LogP contribution in [0.1, 0.15) is 30.9 Å². The zero-order valence-electron chi connectivity index (χ0n) is 9.29. The van der Waals surface area contributed by atoms with Gasteiger partial charge in [-0.3, -0.25) is 0 Å². The molecular weight excluding hydrogens is 209 g/mol. The average Bonchev–Trinajstić information content (AvgIpc) is 2.29. The van der Waals surface area contributed by atoms with Gasteiger partial charge in [0.15, 0.2) is 0 Å². The number of rotatable bonds is 2. The molecule has 0 bridgehead atoms. The van der Waals surface area contributed by atoms with Crippen LogP contribution in [0.4, 0.5) is 4.39 Å². The number of nitrogens with one attached hydrogen (secondary N) is 1. The number of hydrogen-bond acceptors (Lipinski definition) is 3. The van der Waals surface area contributed by atoms with Crippen molar-refractivity contribution in [3.8, 4) is 11.5 Å². The van der Waals surface area contributed by atoms with Crippen molar-refractivity contribution in [2.45, 2.75) is 25.3 Å². The monoisotopic (exact) mass is 225 g/mol. The highest BCUT2D eigenvalue weighted by Gasteiger charge is 2.22. The Labute approximate surface area is 94.2 Å². The predicted octanol–water partition coefficient (Wildman–Crippen LogP) is 2.35. The van der Waals surface area contributed by atoms with Crippen LogP contribution in [0.15, 0.2) is 12.1 Å². The maximum Gasteiger partial charge on any atom is 0.135 e. The summed E-state index contributed by atoms with van der Waals surface area (Å²) in [5.74, 6) is -0.0953. The molecule has 1 heterocycles. The van der Waals surface area contributed by atoms with Crippen LogP contribution in [0.25, 0.3) is 0 Å². The molecule has 0 aromatic heterocycles. The molecule has 1 fully saturated rings. The molecule has 1 aliphatic rings. The second-order valence-electron chi connectivity index (χ2n) is 4.05. The van der Waals surface area contributed by atoms with E-state index in [1.807, 2.05) is 0 Å².